The fourth-order valence-electron chi connectivity index (χ4n) is 2.68. The number of carbonyl (C=O) groups excluding carboxylic acids is 1. The van der Waals surface area contributed by atoms with Gasteiger partial charge in [0.25, 0.3) is 0 Å². The number of hydrogen-bond acceptors (Lipinski definition) is 6. The molecule has 0 fully saturated rings. The molecule has 150 valence electrons. The van der Waals surface area contributed by atoms with E-state index in [-0.39, 0.29) is 17.7 Å². The average Bonchev–Trinajstić information content (AvgIpc) is 2.64. The van der Waals surface area contributed by atoms with Crippen molar-refractivity contribution in [1.29, 1.82) is 0 Å². The standard InChI is InChI=1S/C18H20F3N5O2/c1-10-14-15(26(3)11(2)16(27)24-14)25-17(23-10)22-8-12-4-6-13(7-5-12)28-9-18(19,20)21/h4-7,11H,8-9H2,1-3H3,(H,24,27)(H,22,23,25). The van der Waals surface area contributed by atoms with Crippen LogP contribution in [-0.2, 0) is 11.3 Å². The molecule has 7 nitrogen and oxygen atoms in total. The molecule has 2 aromatic rings. The van der Waals surface area contributed by atoms with Crippen molar-refractivity contribution in [3.8, 4) is 5.75 Å². The van der Waals surface area contributed by atoms with Gasteiger partial charge in [-0.2, -0.15) is 18.2 Å². The summed E-state index contributed by atoms with van der Waals surface area (Å²) >= 11 is 0. The largest absolute Gasteiger partial charge is 0.484 e. The first-order valence-corrected chi connectivity index (χ1v) is 8.59. The van der Waals surface area contributed by atoms with Crippen molar-refractivity contribution in [2.75, 3.05) is 29.2 Å². The van der Waals surface area contributed by atoms with E-state index in [9.17, 15) is 18.0 Å². The van der Waals surface area contributed by atoms with E-state index in [1.54, 1.807) is 37.9 Å². The first-order valence-electron chi connectivity index (χ1n) is 8.59. The number of nitrogens with zero attached hydrogens (tertiary/aromatic N) is 3. The van der Waals surface area contributed by atoms with E-state index in [4.69, 9.17) is 0 Å². The molecule has 1 atom stereocenters. The van der Waals surface area contributed by atoms with Crippen molar-refractivity contribution in [3.63, 3.8) is 0 Å². The summed E-state index contributed by atoms with van der Waals surface area (Å²) in [7, 11) is 1.79. The highest BCUT2D eigenvalue weighted by atomic mass is 19.4. The number of ether oxygens (including phenoxy) is 1. The van der Waals surface area contributed by atoms with Crippen LogP contribution in [0, 0.1) is 6.92 Å². The number of anilines is 3. The van der Waals surface area contributed by atoms with E-state index in [0.717, 1.165) is 5.56 Å². The van der Waals surface area contributed by atoms with Crippen molar-refractivity contribution < 1.29 is 22.7 Å². The van der Waals surface area contributed by atoms with E-state index in [2.05, 4.69) is 25.3 Å². The van der Waals surface area contributed by atoms with E-state index in [0.29, 0.717) is 29.7 Å². The summed E-state index contributed by atoms with van der Waals surface area (Å²) in [4.78, 5) is 22.6. The molecule has 1 amide bonds. The normalized spacial score (nSPS) is 16.4. The third-order valence-corrected chi connectivity index (χ3v) is 4.39. The van der Waals surface area contributed by atoms with Crippen LogP contribution in [0.25, 0.3) is 0 Å². The maximum Gasteiger partial charge on any atom is 0.422 e. The van der Waals surface area contributed by atoms with E-state index < -0.39 is 12.8 Å². The van der Waals surface area contributed by atoms with E-state index in [1.165, 1.54) is 12.1 Å². The van der Waals surface area contributed by atoms with Crippen LogP contribution in [0.15, 0.2) is 24.3 Å². The number of halogens is 3. The van der Waals surface area contributed by atoms with Crippen LogP contribution in [0.1, 0.15) is 18.2 Å². The quantitative estimate of drug-likeness (QED) is 0.810. The van der Waals surface area contributed by atoms with Crippen LogP contribution in [0.5, 0.6) is 5.75 Å². The number of nitrogens with one attached hydrogen (secondary N) is 2. The smallest absolute Gasteiger partial charge is 0.422 e. The van der Waals surface area contributed by atoms with Crippen molar-refractivity contribution in [2.24, 2.45) is 0 Å². The lowest BCUT2D eigenvalue weighted by Crippen LogP contribution is -2.44. The zero-order valence-corrected chi connectivity index (χ0v) is 15.6. The Bertz CT molecular complexity index is 871. The second-order valence-corrected chi connectivity index (χ2v) is 6.51. The second-order valence-electron chi connectivity index (χ2n) is 6.51. The summed E-state index contributed by atoms with van der Waals surface area (Å²) < 4.78 is 41.2. The topological polar surface area (TPSA) is 79.4 Å². The molecule has 2 N–H and O–H groups in total. The minimum absolute atomic E-state index is 0.116. The monoisotopic (exact) mass is 395 g/mol. The lowest BCUT2D eigenvalue weighted by molar-refractivity contribution is -0.153. The Morgan fingerprint density at radius 1 is 1.25 bits per heavy atom. The van der Waals surface area contributed by atoms with E-state index in [1.807, 2.05) is 0 Å². The van der Waals surface area contributed by atoms with Gasteiger partial charge in [0.2, 0.25) is 11.9 Å². The molecule has 1 aromatic carbocycles. The average molecular weight is 395 g/mol. The van der Waals surface area contributed by atoms with Gasteiger partial charge < -0.3 is 20.3 Å². The van der Waals surface area contributed by atoms with Crippen molar-refractivity contribution in [2.45, 2.75) is 32.6 Å². The third kappa shape index (κ3) is 4.44. The molecule has 0 bridgehead atoms. The Morgan fingerprint density at radius 3 is 2.57 bits per heavy atom. The maximum atomic E-state index is 12.2. The number of aryl methyl sites for hydroxylation is 1. The molecule has 28 heavy (non-hydrogen) atoms. The van der Waals surface area contributed by atoms with Crippen LogP contribution in [0.2, 0.25) is 0 Å². The predicted octanol–water partition coefficient (Wildman–Crippen LogP) is 3.12. The maximum absolute atomic E-state index is 12.2. The van der Waals surface area contributed by atoms with Gasteiger partial charge in [0.15, 0.2) is 12.4 Å². The second kappa shape index (κ2) is 7.53. The zero-order valence-electron chi connectivity index (χ0n) is 15.6. The number of likely N-dealkylation sites (N-methyl/N-ethyl adjacent to an activating group) is 1. The van der Waals surface area contributed by atoms with Crippen molar-refractivity contribution >= 4 is 23.4 Å². The number of hydrogen-bond donors (Lipinski definition) is 2. The van der Waals surface area contributed by atoms with Gasteiger partial charge in [-0.25, -0.2) is 4.98 Å². The van der Waals surface area contributed by atoms with Crippen molar-refractivity contribution in [1.82, 2.24) is 9.97 Å². The van der Waals surface area contributed by atoms with Crippen LogP contribution in [0.4, 0.5) is 30.6 Å². The Labute approximate surface area is 159 Å². The predicted molar refractivity (Wildman–Crippen MR) is 98.6 cm³/mol. The number of amides is 1. The van der Waals surface area contributed by atoms with Gasteiger partial charge in [-0.05, 0) is 31.5 Å². The number of aromatic nitrogens is 2. The fraction of sp³-hybridized carbons (Fsp3) is 0.389. The van der Waals surface area contributed by atoms with Gasteiger partial charge in [-0.1, -0.05) is 12.1 Å². The third-order valence-electron chi connectivity index (χ3n) is 4.39. The molecule has 0 saturated heterocycles. The molecular formula is C18H20F3N5O2. The number of fused-ring (bicyclic) bond motifs is 1. The lowest BCUT2D eigenvalue weighted by Gasteiger charge is -2.32. The van der Waals surface area contributed by atoms with Crippen LogP contribution in [-0.4, -0.2) is 41.7 Å². The number of rotatable bonds is 5. The van der Waals surface area contributed by atoms with Gasteiger partial charge in [0.1, 0.15) is 17.5 Å². The van der Waals surface area contributed by atoms with Gasteiger partial charge in [0.05, 0.1) is 5.69 Å². The first kappa shape index (κ1) is 19.7. The summed E-state index contributed by atoms with van der Waals surface area (Å²) in [6.07, 6.45) is -4.37. The van der Waals surface area contributed by atoms with Crippen molar-refractivity contribution in [3.05, 3.63) is 35.5 Å². The number of carbonyl (C=O) groups is 1. The summed E-state index contributed by atoms with van der Waals surface area (Å²) in [5.41, 5.74) is 2.05. The Hall–Kier alpha value is -3.04. The summed E-state index contributed by atoms with van der Waals surface area (Å²) in [5.74, 6) is 1.05. The first-order chi connectivity index (χ1) is 13.1. The molecule has 0 spiro atoms. The highest BCUT2D eigenvalue weighted by molar-refractivity contribution is 6.03. The molecule has 0 radical (unpaired) electrons. The molecule has 1 aliphatic heterocycles. The Kier molecular flexibility index (Phi) is 5.30. The number of benzene rings is 1. The number of alkyl halides is 3. The zero-order chi connectivity index (χ0) is 20.5. The van der Waals surface area contributed by atoms with E-state index >= 15 is 0 Å². The van der Waals surface area contributed by atoms with Crippen LogP contribution >= 0.6 is 0 Å². The summed E-state index contributed by atoms with van der Waals surface area (Å²) in [6.45, 7) is 2.62. The fourth-order valence-corrected chi connectivity index (χ4v) is 2.68. The summed E-state index contributed by atoms with van der Waals surface area (Å²) in [6, 6.07) is 5.94. The Balaban J connectivity index is 1.67. The molecule has 1 aliphatic rings. The van der Waals surface area contributed by atoms with Crippen LogP contribution in [0.3, 0.4) is 0 Å². The van der Waals surface area contributed by atoms with Gasteiger partial charge >= 0.3 is 6.18 Å². The lowest BCUT2D eigenvalue weighted by atomic mass is 10.2. The minimum Gasteiger partial charge on any atom is -0.484 e. The molecule has 0 saturated carbocycles. The SMILES string of the molecule is Cc1nc(NCc2ccc(OCC(F)(F)F)cc2)nc2c1NC(=O)C(C)N2C. The van der Waals surface area contributed by atoms with Gasteiger partial charge in [0, 0.05) is 13.6 Å². The molecule has 10 heteroatoms. The molecule has 2 heterocycles. The minimum atomic E-state index is -4.37. The Morgan fingerprint density at radius 2 is 1.93 bits per heavy atom. The highest BCUT2D eigenvalue weighted by Gasteiger charge is 2.30. The highest BCUT2D eigenvalue weighted by Crippen LogP contribution is 2.32. The molecule has 1 unspecified atom stereocenters. The van der Waals surface area contributed by atoms with Crippen LogP contribution < -0.4 is 20.3 Å². The van der Waals surface area contributed by atoms with Gasteiger partial charge in [-0.3, -0.25) is 4.79 Å². The van der Waals surface area contributed by atoms with Gasteiger partial charge in [-0.15, -0.1) is 0 Å². The molecule has 3 rings (SSSR count). The summed E-state index contributed by atoms with van der Waals surface area (Å²) in [5, 5.41) is 5.90. The molecular weight excluding hydrogens is 375 g/mol. The molecule has 0 aliphatic carbocycles. The molecule has 1 aromatic heterocycles.